The number of nitrogens with zero attached hydrogens (tertiary/aromatic N) is 3. The molecule has 0 aliphatic rings. The van der Waals surface area contributed by atoms with Crippen LogP contribution < -0.4 is 0 Å². The third-order valence-electron chi connectivity index (χ3n) is 3.00. The van der Waals surface area contributed by atoms with Crippen LogP contribution in [0, 0.1) is 13.8 Å². The molecule has 0 atom stereocenters. The van der Waals surface area contributed by atoms with Crippen molar-refractivity contribution in [1.82, 2.24) is 14.6 Å². The molecule has 2 heterocycles. The maximum atomic E-state index is 4.63. The third-order valence-corrected chi connectivity index (χ3v) is 4.90. The fraction of sp³-hybridized carbons (Fsp3) is 0.231. The fourth-order valence-electron chi connectivity index (χ4n) is 1.80. The van der Waals surface area contributed by atoms with E-state index in [1.807, 2.05) is 17.0 Å². The minimum atomic E-state index is 0.951. The zero-order valence-electron chi connectivity index (χ0n) is 10.5. The summed E-state index contributed by atoms with van der Waals surface area (Å²) in [4.78, 5) is 5.58. The topological polar surface area (TPSA) is 30.2 Å². The molecule has 92 valence electrons. The Balaban J connectivity index is 2.07. The summed E-state index contributed by atoms with van der Waals surface area (Å²) < 4.78 is 2.91. The molecule has 5 heteroatoms. The van der Waals surface area contributed by atoms with Crippen LogP contribution in [-0.4, -0.2) is 20.9 Å². The second-order valence-corrected chi connectivity index (χ2v) is 6.23. The third kappa shape index (κ3) is 1.93. The lowest BCUT2D eigenvalue weighted by Gasteiger charge is -2.01. The molecule has 0 saturated heterocycles. The Hall–Kier alpha value is -1.33. The molecule has 0 unspecified atom stereocenters. The number of fused-ring (bicyclic) bond motifs is 1. The van der Waals surface area contributed by atoms with E-state index in [1.54, 1.807) is 23.1 Å². The number of thioether (sulfide) groups is 1. The molecule has 1 aromatic carbocycles. The first-order valence-electron chi connectivity index (χ1n) is 5.65. The molecule has 0 N–H and O–H groups in total. The summed E-state index contributed by atoms with van der Waals surface area (Å²) >= 11 is 3.28. The SMILES string of the molecule is CSc1nn2cc(-c3ccc(C)c(C)c3)nc2s1. The minimum absolute atomic E-state index is 0.951. The van der Waals surface area contributed by atoms with Crippen LogP contribution in [0.2, 0.25) is 0 Å². The fourth-order valence-corrected chi connectivity index (χ4v) is 3.15. The predicted molar refractivity (Wildman–Crippen MR) is 77.6 cm³/mol. The second kappa shape index (κ2) is 4.40. The number of hydrogen-bond acceptors (Lipinski definition) is 4. The van der Waals surface area contributed by atoms with Gasteiger partial charge in [-0.1, -0.05) is 35.2 Å². The van der Waals surface area contributed by atoms with Gasteiger partial charge >= 0.3 is 0 Å². The van der Waals surface area contributed by atoms with Gasteiger partial charge in [0.15, 0.2) is 4.34 Å². The lowest BCUT2D eigenvalue weighted by Crippen LogP contribution is -1.84. The van der Waals surface area contributed by atoms with Gasteiger partial charge in [0, 0.05) is 5.56 Å². The van der Waals surface area contributed by atoms with E-state index in [0.717, 1.165) is 20.6 Å². The maximum absolute atomic E-state index is 4.63. The monoisotopic (exact) mass is 275 g/mol. The Kier molecular flexibility index (Phi) is 2.87. The van der Waals surface area contributed by atoms with Gasteiger partial charge in [-0.15, -0.1) is 5.10 Å². The van der Waals surface area contributed by atoms with E-state index in [1.165, 1.54) is 11.1 Å². The number of hydrogen-bond donors (Lipinski definition) is 0. The quantitative estimate of drug-likeness (QED) is 0.666. The van der Waals surface area contributed by atoms with Crippen LogP contribution in [0.4, 0.5) is 0 Å². The molecule has 0 spiro atoms. The van der Waals surface area contributed by atoms with Crippen molar-refractivity contribution in [2.24, 2.45) is 0 Å². The zero-order valence-corrected chi connectivity index (χ0v) is 12.1. The standard InChI is InChI=1S/C13H13N3S2/c1-8-4-5-10(6-9(8)2)11-7-16-12(14-11)18-13(15-16)17-3/h4-7H,1-3H3. The predicted octanol–water partition coefficient (Wildman–Crippen LogP) is 3.80. The van der Waals surface area contributed by atoms with Crippen molar-refractivity contribution in [3.63, 3.8) is 0 Å². The Morgan fingerprint density at radius 1 is 1.22 bits per heavy atom. The van der Waals surface area contributed by atoms with E-state index >= 15 is 0 Å². The molecule has 0 aliphatic carbocycles. The first-order valence-corrected chi connectivity index (χ1v) is 7.69. The first kappa shape index (κ1) is 11.7. The summed E-state index contributed by atoms with van der Waals surface area (Å²) in [6.45, 7) is 4.25. The molecule has 0 aliphatic heterocycles. The summed E-state index contributed by atoms with van der Waals surface area (Å²) in [6.07, 6.45) is 4.03. The van der Waals surface area contributed by atoms with E-state index in [9.17, 15) is 0 Å². The summed E-state index contributed by atoms with van der Waals surface area (Å²) in [5.41, 5.74) is 4.75. The maximum Gasteiger partial charge on any atom is 0.213 e. The van der Waals surface area contributed by atoms with Crippen LogP contribution in [0.15, 0.2) is 28.7 Å². The molecular formula is C13H13N3S2. The lowest BCUT2D eigenvalue weighted by molar-refractivity contribution is 0.916. The number of imidazole rings is 1. The molecule has 2 aromatic heterocycles. The van der Waals surface area contributed by atoms with E-state index < -0.39 is 0 Å². The smallest absolute Gasteiger partial charge is 0.213 e. The van der Waals surface area contributed by atoms with Crippen LogP contribution in [0.3, 0.4) is 0 Å². The van der Waals surface area contributed by atoms with Gasteiger partial charge < -0.3 is 0 Å². The van der Waals surface area contributed by atoms with Gasteiger partial charge in [-0.3, -0.25) is 0 Å². The highest BCUT2D eigenvalue weighted by molar-refractivity contribution is 8.00. The minimum Gasteiger partial charge on any atom is -0.217 e. The molecule has 0 fully saturated rings. The number of aromatic nitrogens is 3. The first-order chi connectivity index (χ1) is 8.67. The average molecular weight is 275 g/mol. The van der Waals surface area contributed by atoms with E-state index in [0.29, 0.717) is 0 Å². The van der Waals surface area contributed by atoms with Gasteiger partial charge in [-0.25, -0.2) is 9.50 Å². The normalized spacial score (nSPS) is 11.3. The van der Waals surface area contributed by atoms with Crippen molar-refractivity contribution in [3.8, 4) is 11.3 Å². The van der Waals surface area contributed by atoms with E-state index in [-0.39, 0.29) is 0 Å². The van der Waals surface area contributed by atoms with Crippen LogP contribution in [0.5, 0.6) is 0 Å². The number of aryl methyl sites for hydroxylation is 2. The summed E-state index contributed by atoms with van der Waals surface area (Å²) in [6, 6.07) is 6.43. The molecule has 0 saturated carbocycles. The van der Waals surface area contributed by atoms with E-state index in [2.05, 4.69) is 42.1 Å². The Bertz CT molecular complexity index is 681. The van der Waals surface area contributed by atoms with Crippen LogP contribution in [-0.2, 0) is 0 Å². The molecule has 3 aromatic rings. The van der Waals surface area contributed by atoms with Crippen LogP contribution in [0.25, 0.3) is 16.2 Å². The van der Waals surface area contributed by atoms with Crippen molar-refractivity contribution in [1.29, 1.82) is 0 Å². The lowest BCUT2D eigenvalue weighted by atomic mass is 10.1. The van der Waals surface area contributed by atoms with Gasteiger partial charge in [0.05, 0.1) is 11.9 Å². The van der Waals surface area contributed by atoms with Gasteiger partial charge in [-0.05, 0) is 37.3 Å². The largest absolute Gasteiger partial charge is 0.217 e. The zero-order chi connectivity index (χ0) is 12.7. The molecule has 3 rings (SSSR count). The molecule has 0 radical (unpaired) electrons. The molecule has 0 amide bonds. The van der Waals surface area contributed by atoms with Crippen LogP contribution >= 0.6 is 23.1 Å². The van der Waals surface area contributed by atoms with Crippen LogP contribution in [0.1, 0.15) is 11.1 Å². The molecule has 18 heavy (non-hydrogen) atoms. The Labute approximate surface area is 114 Å². The van der Waals surface area contributed by atoms with Gasteiger partial charge in [-0.2, -0.15) is 0 Å². The average Bonchev–Trinajstić information content (AvgIpc) is 2.90. The summed E-state index contributed by atoms with van der Waals surface area (Å²) in [7, 11) is 0. The van der Waals surface area contributed by atoms with Crippen molar-refractivity contribution >= 4 is 28.1 Å². The highest BCUT2D eigenvalue weighted by Gasteiger charge is 2.09. The highest BCUT2D eigenvalue weighted by atomic mass is 32.2. The number of rotatable bonds is 2. The molecule has 0 bridgehead atoms. The molecule has 3 nitrogen and oxygen atoms in total. The highest BCUT2D eigenvalue weighted by Crippen LogP contribution is 2.26. The van der Waals surface area contributed by atoms with Crippen molar-refractivity contribution in [3.05, 3.63) is 35.5 Å². The van der Waals surface area contributed by atoms with Crippen molar-refractivity contribution < 1.29 is 0 Å². The molecular weight excluding hydrogens is 262 g/mol. The summed E-state index contributed by atoms with van der Waals surface area (Å²) in [5.74, 6) is 0. The Morgan fingerprint density at radius 2 is 2.06 bits per heavy atom. The van der Waals surface area contributed by atoms with Gasteiger partial charge in [0.25, 0.3) is 0 Å². The summed E-state index contributed by atoms with van der Waals surface area (Å²) in [5, 5.41) is 4.45. The Morgan fingerprint density at radius 3 is 2.72 bits per heavy atom. The number of benzene rings is 1. The van der Waals surface area contributed by atoms with Gasteiger partial charge in [0.1, 0.15) is 0 Å². The van der Waals surface area contributed by atoms with E-state index in [4.69, 9.17) is 0 Å². The van der Waals surface area contributed by atoms with Crippen molar-refractivity contribution in [2.75, 3.05) is 6.26 Å². The second-order valence-electron chi connectivity index (χ2n) is 4.22. The van der Waals surface area contributed by atoms with Gasteiger partial charge in [0.2, 0.25) is 4.96 Å². The van der Waals surface area contributed by atoms with Crippen molar-refractivity contribution in [2.45, 2.75) is 18.2 Å².